The Bertz CT molecular complexity index is 1120. The molecule has 1 aromatic carbocycles. The van der Waals surface area contributed by atoms with Gasteiger partial charge < -0.3 is 10.2 Å². The summed E-state index contributed by atoms with van der Waals surface area (Å²) in [7, 11) is 1.76. The lowest BCUT2D eigenvalue weighted by atomic mass is 9.73. The first-order valence-corrected chi connectivity index (χ1v) is 11.5. The van der Waals surface area contributed by atoms with Gasteiger partial charge in [0.1, 0.15) is 5.69 Å². The number of hydrogen-bond donors (Lipinski definition) is 1. The summed E-state index contributed by atoms with van der Waals surface area (Å²) in [6, 6.07) is 13.9. The van der Waals surface area contributed by atoms with Gasteiger partial charge in [0, 0.05) is 50.3 Å². The van der Waals surface area contributed by atoms with Gasteiger partial charge in [-0.25, -0.2) is 0 Å². The topological polar surface area (TPSA) is 80.1 Å². The van der Waals surface area contributed by atoms with Crippen LogP contribution in [0.3, 0.4) is 0 Å². The number of rotatable bonds is 6. The van der Waals surface area contributed by atoms with Crippen LogP contribution in [0.2, 0.25) is 0 Å². The fraction of sp³-hybridized carbons (Fsp3) is 0.385. The van der Waals surface area contributed by atoms with E-state index < -0.39 is 5.41 Å². The van der Waals surface area contributed by atoms with Crippen molar-refractivity contribution in [3.8, 4) is 11.1 Å². The van der Waals surface area contributed by atoms with Gasteiger partial charge in [0.05, 0.1) is 5.41 Å². The highest BCUT2D eigenvalue weighted by molar-refractivity contribution is 5.93. The fourth-order valence-electron chi connectivity index (χ4n) is 4.72. The van der Waals surface area contributed by atoms with E-state index in [0.29, 0.717) is 25.2 Å². The first kappa shape index (κ1) is 22.7. The van der Waals surface area contributed by atoms with Crippen molar-refractivity contribution in [2.45, 2.75) is 39.2 Å². The van der Waals surface area contributed by atoms with Crippen LogP contribution < -0.4 is 5.32 Å². The molecule has 1 saturated heterocycles. The summed E-state index contributed by atoms with van der Waals surface area (Å²) in [5.74, 6) is -0.0852. The zero-order valence-electron chi connectivity index (χ0n) is 19.5. The van der Waals surface area contributed by atoms with E-state index in [-0.39, 0.29) is 17.9 Å². The van der Waals surface area contributed by atoms with Crippen molar-refractivity contribution in [3.63, 3.8) is 0 Å². The van der Waals surface area contributed by atoms with Crippen molar-refractivity contribution in [3.05, 3.63) is 72.3 Å². The van der Waals surface area contributed by atoms with E-state index in [0.717, 1.165) is 29.5 Å². The third-order valence-electron chi connectivity index (χ3n) is 6.32. The smallest absolute Gasteiger partial charge is 0.272 e. The van der Waals surface area contributed by atoms with Gasteiger partial charge >= 0.3 is 0 Å². The first-order chi connectivity index (χ1) is 15.9. The first-order valence-electron chi connectivity index (χ1n) is 11.5. The summed E-state index contributed by atoms with van der Waals surface area (Å²) in [6.45, 7) is 4.94. The minimum Gasteiger partial charge on any atom is -0.353 e. The predicted molar refractivity (Wildman–Crippen MR) is 127 cm³/mol. The molecule has 1 N–H and O–H groups in total. The Hall–Kier alpha value is -3.48. The molecule has 33 heavy (non-hydrogen) atoms. The molecule has 3 aromatic rings. The number of carbonyl (C=O) groups excluding carboxylic acids is 2. The second-order valence-corrected chi connectivity index (χ2v) is 9.15. The van der Waals surface area contributed by atoms with Crippen LogP contribution in [0.25, 0.3) is 11.1 Å². The van der Waals surface area contributed by atoms with Crippen molar-refractivity contribution < 1.29 is 9.59 Å². The van der Waals surface area contributed by atoms with E-state index in [1.54, 1.807) is 30.2 Å². The maximum atomic E-state index is 13.6. The second kappa shape index (κ2) is 9.57. The monoisotopic (exact) mass is 445 g/mol. The molecule has 1 atom stereocenters. The number of aryl methyl sites for hydroxylation is 1. The number of hydrogen-bond acceptors (Lipinski definition) is 4. The van der Waals surface area contributed by atoms with Gasteiger partial charge in [-0.3, -0.25) is 19.3 Å². The van der Waals surface area contributed by atoms with E-state index in [2.05, 4.69) is 27.5 Å². The second-order valence-electron chi connectivity index (χ2n) is 9.15. The van der Waals surface area contributed by atoms with E-state index in [4.69, 9.17) is 0 Å². The summed E-state index contributed by atoms with van der Waals surface area (Å²) < 4.78 is 1.59. The molecule has 7 nitrogen and oxygen atoms in total. The van der Waals surface area contributed by atoms with Gasteiger partial charge in [0.25, 0.3) is 5.91 Å². The zero-order chi connectivity index (χ0) is 23.4. The molecule has 172 valence electrons. The van der Waals surface area contributed by atoms with E-state index >= 15 is 0 Å². The molecule has 0 bridgehead atoms. The Morgan fingerprint density at radius 2 is 1.94 bits per heavy atom. The van der Waals surface area contributed by atoms with Crippen LogP contribution in [0, 0.1) is 5.41 Å². The maximum absolute atomic E-state index is 13.6. The summed E-state index contributed by atoms with van der Waals surface area (Å²) >= 11 is 0. The van der Waals surface area contributed by atoms with E-state index in [1.807, 2.05) is 49.2 Å². The number of carbonyl (C=O) groups is 2. The number of piperidine rings is 1. The SMILES string of the molecule is CC(C)NC(=O)C1(Cc2ccccc2-c2cccnc2)CCCN(C(=O)c2ccnn2C)C1. The van der Waals surface area contributed by atoms with Gasteiger partial charge in [-0.1, -0.05) is 30.3 Å². The molecule has 1 aliphatic heterocycles. The van der Waals surface area contributed by atoms with Crippen molar-refractivity contribution >= 4 is 11.8 Å². The molecule has 2 amide bonds. The maximum Gasteiger partial charge on any atom is 0.272 e. The lowest BCUT2D eigenvalue weighted by Crippen LogP contribution is -2.55. The normalized spacial score (nSPS) is 18.4. The van der Waals surface area contributed by atoms with Crippen LogP contribution in [0.1, 0.15) is 42.7 Å². The highest BCUT2D eigenvalue weighted by Gasteiger charge is 2.44. The standard InChI is InChI=1S/C26H31N5O2/c1-19(2)29-25(33)26(12-7-15-31(18-26)24(32)23-11-14-28-30(23)3)16-20-8-4-5-10-22(20)21-9-6-13-27-17-21/h4-6,8-11,13-14,17,19H,7,12,15-16,18H2,1-3H3,(H,29,33). The van der Waals surface area contributed by atoms with Gasteiger partial charge in [-0.2, -0.15) is 5.10 Å². The Labute approximate surface area is 194 Å². The molecule has 0 saturated carbocycles. The molecule has 0 aliphatic carbocycles. The average molecular weight is 446 g/mol. The minimum atomic E-state index is -0.713. The molecule has 4 rings (SSSR count). The zero-order valence-corrected chi connectivity index (χ0v) is 19.5. The third-order valence-corrected chi connectivity index (χ3v) is 6.32. The molecule has 0 spiro atoms. The fourth-order valence-corrected chi connectivity index (χ4v) is 4.72. The molecule has 1 unspecified atom stereocenters. The van der Waals surface area contributed by atoms with Crippen molar-refractivity contribution in [2.75, 3.05) is 13.1 Å². The number of likely N-dealkylation sites (tertiary alicyclic amines) is 1. The van der Waals surface area contributed by atoms with Crippen molar-refractivity contribution in [2.24, 2.45) is 12.5 Å². The highest BCUT2D eigenvalue weighted by atomic mass is 16.2. The van der Waals surface area contributed by atoms with Gasteiger partial charge in [-0.05, 0) is 56.4 Å². The predicted octanol–water partition coefficient (Wildman–Crippen LogP) is 3.47. The number of benzene rings is 1. The Morgan fingerprint density at radius 1 is 1.12 bits per heavy atom. The molecule has 7 heteroatoms. The summed E-state index contributed by atoms with van der Waals surface area (Å²) in [5.41, 5.74) is 2.99. The number of aromatic nitrogens is 3. The van der Waals surface area contributed by atoms with Gasteiger partial charge in [-0.15, -0.1) is 0 Å². The molecular weight excluding hydrogens is 414 g/mol. The summed E-state index contributed by atoms with van der Waals surface area (Å²) in [4.78, 5) is 33.0. The summed E-state index contributed by atoms with van der Waals surface area (Å²) in [5, 5.41) is 7.27. The largest absolute Gasteiger partial charge is 0.353 e. The summed E-state index contributed by atoms with van der Waals surface area (Å²) in [6.07, 6.45) is 7.27. The molecule has 0 radical (unpaired) electrons. The lowest BCUT2D eigenvalue weighted by molar-refractivity contribution is -0.134. The Kier molecular flexibility index (Phi) is 6.58. The van der Waals surface area contributed by atoms with Gasteiger partial charge in [0.2, 0.25) is 5.91 Å². The molecule has 1 fully saturated rings. The van der Waals surface area contributed by atoms with Gasteiger partial charge in [0.15, 0.2) is 0 Å². The number of nitrogens with one attached hydrogen (secondary N) is 1. The third kappa shape index (κ3) is 4.82. The van der Waals surface area contributed by atoms with Crippen LogP contribution in [-0.4, -0.2) is 50.6 Å². The van der Waals surface area contributed by atoms with Crippen LogP contribution in [0.4, 0.5) is 0 Å². The Morgan fingerprint density at radius 3 is 2.64 bits per heavy atom. The van der Waals surface area contributed by atoms with Crippen molar-refractivity contribution in [1.82, 2.24) is 25.0 Å². The van der Waals surface area contributed by atoms with Crippen LogP contribution in [0.15, 0.2) is 61.1 Å². The minimum absolute atomic E-state index is 0.000922. The number of pyridine rings is 1. The molecular formula is C26H31N5O2. The average Bonchev–Trinajstić information content (AvgIpc) is 3.25. The van der Waals surface area contributed by atoms with E-state index in [1.165, 1.54) is 0 Å². The lowest BCUT2D eigenvalue weighted by Gasteiger charge is -2.42. The number of amides is 2. The van der Waals surface area contributed by atoms with Crippen LogP contribution in [0.5, 0.6) is 0 Å². The quantitative estimate of drug-likeness (QED) is 0.630. The number of nitrogens with zero attached hydrogens (tertiary/aromatic N) is 4. The highest BCUT2D eigenvalue weighted by Crippen LogP contribution is 2.37. The van der Waals surface area contributed by atoms with Crippen molar-refractivity contribution in [1.29, 1.82) is 0 Å². The molecule has 2 aromatic heterocycles. The van der Waals surface area contributed by atoms with Crippen LogP contribution >= 0.6 is 0 Å². The molecule has 1 aliphatic rings. The van der Waals surface area contributed by atoms with E-state index in [9.17, 15) is 9.59 Å². The Balaban J connectivity index is 1.70. The van der Waals surface area contributed by atoms with Crippen LogP contribution in [-0.2, 0) is 18.3 Å². The molecule has 3 heterocycles.